The Morgan fingerprint density at radius 2 is 1.28 bits per heavy atom. The fraction of sp³-hybridized carbons (Fsp3) is 0.545. The quantitative estimate of drug-likeness (QED) is 0.598. The topological polar surface area (TPSA) is 4.93 Å². The Kier molecular flexibility index (Phi) is 5.09. The van der Waals surface area contributed by atoms with Gasteiger partial charge in [-0.15, -0.1) is 0 Å². The molecule has 4 rings (SSSR count). The van der Waals surface area contributed by atoms with Crippen molar-refractivity contribution >= 4 is 26.6 Å². The van der Waals surface area contributed by atoms with E-state index in [0.29, 0.717) is 0 Å². The molecule has 1 nitrogen and oxygen atoms in total. The maximum atomic E-state index is 2.57. The van der Waals surface area contributed by atoms with Crippen LogP contribution >= 0.6 is 15.8 Å². The van der Waals surface area contributed by atoms with E-state index in [1.165, 1.54) is 31.4 Å². The van der Waals surface area contributed by atoms with E-state index < -0.39 is 0 Å². The van der Waals surface area contributed by atoms with Crippen molar-refractivity contribution in [3.05, 3.63) is 42.6 Å². The van der Waals surface area contributed by atoms with Crippen LogP contribution in [0.1, 0.15) is 53.4 Å². The van der Waals surface area contributed by atoms with Crippen molar-refractivity contribution in [1.29, 1.82) is 0 Å². The number of rotatable bonds is 3. The van der Waals surface area contributed by atoms with Crippen LogP contribution in [0.2, 0.25) is 0 Å². The van der Waals surface area contributed by atoms with Crippen LogP contribution in [0.3, 0.4) is 0 Å². The molecule has 2 aromatic rings. The SMILES string of the molecule is CC1CCC(C)P1c1ccccc1-n1cccc1P1C(C)CCC1C. The summed E-state index contributed by atoms with van der Waals surface area (Å²) >= 11 is 0. The Morgan fingerprint density at radius 3 is 1.92 bits per heavy atom. The summed E-state index contributed by atoms with van der Waals surface area (Å²) in [7, 11) is -0.0951. The van der Waals surface area contributed by atoms with E-state index in [0.717, 1.165) is 22.6 Å². The minimum absolute atomic E-state index is 0.0466. The average molecular weight is 371 g/mol. The van der Waals surface area contributed by atoms with Gasteiger partial charge >= 0.3 is 0 Å². The Labute approximate surface area is 155 Å². The molecule has 25 heavy (non-hydrogen) atoms. The lowest BCUT2D eigenvalue weighted by Gasteiger charge is -2.28. The van der Waals surface area contributed by atoms with Crippen LogP contribution in [-0.4, -0.2) is 27.2 Å². The van der Waals surface area contributed by atoms with Gasteiger partial charge in [-0.2, -0.15) is 0 Å². The van der Waals surface area contributed by atoms with Gasteiger partial charge in [0, 0.05) is 16.9 Å². The van der Waals surface area contributed by atoms with Crippen molar-refractivity contribution in [1.82, 2.24) is 4.57 Å². The van der Waals surface area contributed by atoms with Gasteiger partial charge in [0.05, 0.1) is 5.69 Å². The van der Waals surface area contributed by atoms with Gasteiger partial charge in [0.1, 0.15) is 0 Å². The highest BCUT2D eigenvalue weighted by Crippen LogP contribution is 2.56. The molecule has 2 fully saturated rings. The lowest BCUT2D eigenvalue weighted by atomic mass is 10.2. The molecule has 0 radical (unpaired) electrons. The standard InChI is InChI=1S/C22H31NP2/c1-16-11-12-17(2)24(16)21-9-6-5-8-20(21)23-15-7-10-22(23)25-18(3)13-14-19(25)4/h5-10,15-19H,11-14H2,1-4H3. The maximum Gasteiger partial charge on any atom is 0.0532 e. The van der Waals surface area contributed by atoms with Crippen LogP contribution in [-0.2, 0) is 0 Å². The third kappa shape index (κ3) is 3.13. The lowest BCUT2D eigenvalue weighted by molar-refractivity contribution is 0.777. The summed E-state index contributed by atoms with van der Waals surface area (Å²) in [6.45, 7) is 9.91. The molecule has 4 unspecified atom stereocenters. The molecule has 2 aliphatic rings. The number of aromatic nitrogens is 1. The molecule has 0 spiro atoms. The minimum atomic E-state index is -0.0485. The molecule has 0 bridgehead atoms. The Bertz CT molecular complexity index is 717. The molecule has 2 saturated heterocycles. The van der Waals surface area contributed by atoms with E-state index in [-0.39, 0.29) is 15.8 Å². The first-order valence-electron chi connectivity index (χ1n) is 9.91. The highest BCUT2D eigenvalue weighted by Gasteiger charge is 2.35. The molecule has 2 aliphatic heterocycles. The zero-order valence-corrected chi connectivity index (χ0v) is 17.8. The summed E-state index contributed by atoms with van der Waals surface area (Å²) in [5, 5.41) is 1.64. The minimum Gasteiger partial charge on any atom is -0.316 e. The number of hydrogen-bond donors (Lipinski definition) is 0. The van der Waals surface area contributed by atoms with Crippen LogP contribution in [0, 0.1) is 0 Å². The second-order valence-corrected chi connectivity index (χ2v) is 14.2. The van der Waals surface area contributed by atoms with E-state index in [4.69, 9.17) is 0 Å². The Hall–Kier alpha value is -0.640. The van der Waals surface area contributed by atoms with Crippen LogP contribution in [0.5, 0.6) is 0 Å². The van der Waals surface area contributed by atoms with Crippen LogP contribution < -0.4 is 10.7 Å². The van der Waals surface area contributed by atoms with Gasteiger partial charge in [-0.25, -0.2) is 0 Å². The predicted molar refractivity (Wildman–Crippen MR) is 115 cm³/mol. The van der Waals surface area contributed by atoms with Gasteiger partial charge in [-0.1, -0.05) is 61.7 Å². The summed E-state index contributed by atoms with van der Waals surface area (Å²) in [5.41, 5.74) is 6.53. The van der Waals surface area contributed by atoms with E-state index in [2.05, 4.69) is 74.9 Å². The molecule has 134 valence electrons. The summed E-state index contributed by atoms with van der Waals surface area (Å²) in [5.74, 6) is 0. The van der Waals surface area contributed by atoms with E-state index in [1.807, 2.05) is 0 Å². The summed E-state index contributed by atoms with van der Waals surface area (Å²) in [6.07, 6.45) is 7.94. The second-order valence-electron chi connectivity index (χ2n) is 8.09. The Balaban J connectivity index is 1.79. The smallest absolute Gasteiger partial charge is 0.0532 e. The van der Waals surface area contributed by atoms with Gasteiger partial charge in [-0.05, 0) is 66.5 Å². The van der Waals surface area contributed by atoms with Gasteiger partial charge in [0.15, 0.2) is 0 Å². The molecule has 0 aliphatic carbocycles. The molecule has 0 amide bonds. The molecule has 3 heterocycles. The zero-order valence-electron chi connectivity index (χ0n) is 16.0. The number of benzene rings is 1. The maximum absolute atomic E-state index is 2.57. The van der Waals surface area contributed by atoms with Gasteiger partial charge in [-0.3, -0.25) is 0 Å². The average Bonchev–Trinajstić information content (AvgIpc) is 3.28. The fourth-order valence-corrected chi connectivity index (χ4v) is 11.7. The first-order chi connectivity index (χ1) is 12.1. The summed E-state index contributed by atoms with van der Waals surface area (Å²) in [6, 6.07) is 14.0. The highest BCUT2D eigenvalue weighted by molar-refractivity contribution is 7.68. The largest absolute Gasteiger partial charge is 0.316 e. The number of para-hydroxylation sites is 1. The van der Waals surface area contributed by atoms with Crippen molar-refractivity contribution in [3.8, 4) is 5.69 Å². The highest BCUT2D eigenvalue weighted by atomic mass is 31.1. The molecule has 4 atom stereocenters. The van der Waals surface area contributed by atoms with E-state index in [9.17, 15) is 0 Å². The van der Waals surface area contributed by atoms with Gasteiger partial charge in [0.2, 0.25) is 0 Å². The van der Waals surface area contributed by atoms with Crippen molar-refractivity contribution in [2.45, 2.75) is 76.0 Å². The molecular formula is C22H31NP2. The molecule has 0 N–H and O–H groups in total. The number of nitrogens with zero attached hydrogens (tertiary/aromatic N) is 1. The molecule has 0 saturated carbocycles. The number of hydrogen-bond acceptors (Lipinski definition) is 0. The van der Waals surface area contributed by atoms with Crippen LogP contribution in [0.15, 0.2) is 42.6 Å². The first-order valence-corrected chi connectivity index (χ1v) is 12.9. The van der Waals surface area contributed by atoms with E-state index in [1.54, 1.807) is 10.7 Å². The summed E-state index contributed by atoms with van der Waals surface area (Å²) in [4.78, 5) is 0. The zero-order chi connectivity index (χ0) is 17.6. The third-order valence-electron chi connectivity index (χ3n) is 6.32. The predicted octanol–water partition coefficient (Wildman–Crippen LogP) is 5.83. The third-order valence-corrected chi connectivity index (χ3v) is 13.0. The van der Waals surface area contributed by atoms with Crippen molar-refractivity contribution in [2.75, 3.05) is 0 Å². The second kappa shape index (κ2) is 7.17. The molecule has 1 aromatic carbocycles. The lowest BCUT2D eigenvalue weighted by Crippen LogP contribution is -2.24. The van der Waals surface area contributed by atoms with Crippen LogP contribution in [0.25, 0.3) is 5.69 Å². The van der Waals surface area contributed by atoms with Crippen molar-refractivity contribution in [2.24, 2.45) is 0 Å². The monoisotopic (exact) mass is 371 g/mol. The normalized spacial score (nSPS) is 35.4. The summed E-state index contributed by atoms with van der Waals surface area (Å²) < 4.78 is 2.57. The molecular weight excluding hydrogens is 340 g/mol. The van der Waals surface area contributed by atoms with Crippen molar-refractivity contribution < 1.29 is 0 Å². The van der Waals surface area contributed by atoms with Crippen molar-refractivity contribution in [3.63, 3.8) is 0 Å². The fourth-order valence-electron chi connectivity index (χ4n) is 4.99. The van der Waals surface area contributed by atoms with Gasteiger partial charge < -0.3 is 4.57 Å². The van der Waals surface area contributed by atoms with E-state index >= 15 is 0 Å². The molecule has 1 aromatic heterocycles. The Morgan fingerprint density at radius 1 is 0.720 bits per heavy atom. The van der Waals surface area contributed by atoms with Gasteiger partial charge in [0.25, 0.3) is 0 Å². The first kappa shape index (κ1) is 17.8. The van der Waals surface area contributed by atoms with Crippen LogP contribution in [0.4, 0.5) is 0 Å². The molecule has 3 heteroatoms.